The standard InChI is InChI=1S/C64H53N/c1-62(2)56-29-15-12-25-50(56)54-40-38-49(42-60(54)62)65(47-23-10-5-11-24-47)48-36-33-45(34-37-48)64(57-30-16-13-26-51(57)52-27-14-17-31-58(52)64)46-35-39-55-53-28-18-32-59(53)63(61(55)41-46,43-19-6-3-7-20-43)44-21-8-4-9-22-44/h3-14,16-28,30-31,33-38,40-42,50,55-56H,15,29,32,39H2,1-2H3. The highest BCUT2D eigenvalue weighted by Gasteiger charge is 2.55. The molecule has 6 aliphatic carbocycles. The van der Waals surface area contributed by atoms with E-state index in [0.717, 1.165) is 18.5 Å². The predicted octanol–water partition coefficient (Wildman–Crippen LogP) is 15.9. The molecule has 6 aliphatic rings. The number of hydrogen-bond donors (Lipinski definition) is 0. The van der Waals surface area contributed by atoms with Crippen molar-refractivity contribution >= 4 is 17.1 Å². The zero-order chi connectivity index (χ0) is 43.3. The molecule has 7 aromatic carbocycles. The topological polar surface area (TPSA) is 3.24 Å². The average molecular weight is 836 g/mol. The molecule has 3 atom stereocenters. The van der Waals surface area contributed by atoms with E-state index >= 15 is 0 Å². The number of anilines is 3. The summed E-state index contributed by atoms with van der Waals surface area (Å²) < 4.78 is 0. The molecule has 1 heteroatoms. The Bertz CT molecular complexity index is 3090. The molecule has 7 aromatic rings. The Morgan fingerprint density at radius 2 is 1.12 bits per heavy atom. The van der Waals surface area contributed by atoms with Crippen LogP contribution in [-0.2, 0) is 16.2 Å². The van der Waals surface area contributed by atoms with Gasteiger partial charge in [-0.05, 0) is 146 Å². The number of rotatable bonds is 7. The van der Waals surface area contributed by atoms with Crippen LogP contribution in [0, 0.1) is 11.8 Å². The number of fused-ring (bicyclic) bond motifs is 8. The van der Waals surface area contributed by atoms with Gasteiger partial charge in [-0.3, -0.25) is 0 Å². The van der Waals surface area contributed by atoms with Crippen LogP contribution in [0.5, 0.6) is 0 Å². The van der Waals surface area contributed by atoms with Crippen LogP contribution in [0.4, 0.5) is 17.1 Å². The Labute approximate surface area is 384 Å². The molecule has 3 unspecified atom stereocenters. The molecule has 0 bridgehead atoms. The van der Waals surface area contributed by atoms with Gasteiger partial charge >= 0.3 is 0 Å². The second-order valence-corrected chi connectivity index (χ2v) is 19.8. The van der Waals surface area contributed by atoms with Crippen molar-refractivity contribution in [2.45, 2.75) is 61.7 Å². The first-order valence-electron chi connectivity index (χ1n) is 23.9. The second-order valence-electron chi connectivity index (χ2n) is 19.8. The maximum atomic E-state index is 2.67. The summed E-state index contributed by atoms with van der Waals surface area (Å²) in [4.78, 5) is 2.47. The van der Waals surface area contributed by atoms with Gasteiger partial charge in [0, 0.05) is 28.9 Å². The molecule has 0 spiro atoms. The van der Waals surface area contributed by atoms with E-state index in [1.807, 2.05) is 0 Å². The summed E-state index contributed by atoms with van der Waals surface area (Å²) >= 11 is 0. The fraction of sp³-hybridized carbons (Fsp3) is 0.188. The van der Waals surface area contributed by atoms with Crippen molar-refractivity contribution in [2.24, 2.45) is 11.8 Å². The molecule has 0 fully saturated rings. The third-order valence-electron chi connectivity index (χ3n) is 16.6. The van der Waals surface area contributed by atoms with Crippen LogP contribution < -0.4 is 4.90 Å². The fourth-order valence-electron chi connectivity index (χ4n) is 13.8. The number of para-hydroxylation sites is 1. The highest BCUT2D eigenvalue weighted by Crippen LogP contribution is 2.64. The first-order chi connectivity index (χ1) is 32.0. The van der Waals surface area contributed by atoms with E-state index in [0.29, 0.717) is 17.8 Å². The zero-order valence-electron chi connectivity index (χ0n) is 37.3. The largest absolute Gasteiger partial charge is 0.310 e. The lowest BCUT2D eigenvalue weighted by Gasteiger charge is -2.41. The predicted molar refractivity (Wildman–Crippen MR) is 269 cm³/mol. The Morgan fingerprint density at radius 1 is 0.538 bits per heavy atom. The molecule has 0 amide bonds. The van der Waals surface area contributed by atoms with Gasteiger partial charge in [0.05, 0.1) is 10.8 Å². The van der Waals surface area contributed by atoms with Crippen molar-refractivity contribution in [2.75, 3.05) is 4.90 Å². The summed E-state index contributed by atoms with van der Waals surface area (Å²) in [6.45, 7) is 4.95. The van der Waals surface area contributed by atoms with Crippen molar-refractivity contribution in [1.82, 2.24) is 0 Å². The van der Waals surface area contributed by atoms with Gasteiger partial charge in [0.1, 0.15) is 0 Å². The first kappa shape index (κ1) is 38.5. The molecule has 0 aromatic heterocycles. The Balaban J connectivity index is 1.01. The van der Waals surface area contributed by atoms with Gasteiger partial charge in [0.25, 0.3) is 0 Å². The third-order valence-corrected chi connectivity index (χ3v) is 16.6. The van der Waals surface area contributed by atoms with Crippen LogP contribution >= 0.6 is 0 Å². The molecule has 1 nitrogen and oxygen atoms in total. The molecular formula is C64H53N. The van der Waals surface area contributed by atoms with Gasteiger partial charge in [-0.25, -0.2) is 0 Å². The van der Waals surface area contributed by atoms with E-state index in [4.69, 9.17) is 0 Å². The maximum absolute atomic E-state index is 2.67. The van der Waals surface area contributed by atoms with E-state index in [-0.39, 0.29) is 10.8 Å². The third kappa shape index (κ3) is 5.33. The summed E-state index contributed by atoms with van der Waals surface area (Å²) in [5.74, 6) is 1.46. The molecule has 13 rings (SSSR count). The maximum Gasteiger partial charge on any atom is 0.0710 e. The minimum absolute atomic E-state index is 0.105. The molecule has 0 saturated heterocycles. The van der Waals surface area contributed by atoms with Crippen molar-refractivity contribution in [3.63, 3.8) is 0 Å². The smallest absolute Gasteiger partial charge is 0.0710 e. The van der Waals surface area contributed by atoms with Crippen LogP contribution in [0.3, 0.4) is 0 Å². The van der Waals surface area contributed by atoms with Gasteiger partial charge in [0.2, 0.25) is 0 Å². The SMILES string of the molecule is CC1(C)c2cc(N(c3ccccc3)c3ccc(C4(C5=CCC6C(=C5)C(c5ccccc5)(c5ccccc5)C5=C6C=CC5)c5ccccc5-c5ccccc54)cc3)ccc2C2C=CCCC21. The van der Waals surface area contributed by atoms with E-state index < -0.39 is 5.41 Å². The quantitative estimate of drug-likeness (QED) is 0.145. The van der Waals surface area contributed by atoms with Crippen molar-refractivity contribution in [1.29, 1.82) is 0 Å². The lowest BCUT2D eigenvalue weighted by molar-refractivity contribution is 0.301. The van der Waals surface area contributed by atoms with Gasteiger partial charge in [-0.15, -0.1) is 0 Å². The van der Waals surface area contributed by atoms with Crippen molar-refractivity contribution in [3.05, 3.63) is 280 Å². The lowest BCUT2D eigenvalue weighted by atomic mass is 9.60. The van der Waals surface area contributed by atoms with Crippen LogP contribution in [0.25, 0.3) is 11.1 Å². The van der Waals surface area contributed by atoms with Crippen LogP contribution in [0.2, 0.25) is 0 Å². The molecular weight excluding hydrogens is 783 g/mol. The molecule has 65 heavy (non-hydrogen) atoms. The number of nitrogens with zero attached hydrogens (tertiary/aromatic N) is 1. The highest BCUT2D eigenvalue weighted by molar-refractivity contribution is 5.88. The molecule has 0 heterocycles. The van der Waals surface area contributed by atoms with Gasteiger partial charge in [-0.2, -0.15) is 0 Å². The fourth-order valence-corrected chi connectivity index (χ4v) is 13.8. The summed E-state index contributed by atoms with van der Waals surface area (Å²) in [6.07, 6.45) is 19.4. The van der Waals surface area contributed by atoms with Crippen LogP contribution in [-0.4, -0.2) is 0 Å². The first-order valence-corrected chi connectivity index (χ1v) is 23.9. The Kier molecular flexibility index (Phi) is 8.60. The molecule has 0 saturated carbocycles. The van der Waals surface area contributed by atoms with E-state index in [1.165, 1.54) is 96.6 Å². The van der Waals surface area contributed by atoms with Crippen molar-refractivity contribution < 1.29 is 0 Å². The summed E-state index contributed by atoms with van der Waals surface area (Å²) in [6, 6.07) is 69.1. The van der Waals surface area contributed by atoms with E-state index in [1.54, 1.807) is 0 Å². The van der Waals surface area contributed by atoms with E-state index in [2.05, 4.69) is 237 Å². The summed E-state index contributed by atoms with van der Waals surface area (Å²) in [5.41, 5.74) is 21.0. The number of hydrogen-bond acceptors (Lipinski definition) is 1. The molecule has 0 N–H and O–H groups in total. The number of benzene rings is 7. The Morgan fingerprint density at radius 3 is 1.80 bits per heavy atom. The van der Waals surface area contributed by atoms with Crippen LogP contribution in [0.1, 0.15) is 84.4 Å². The van der Waals surface area contributed by atoms with Gasteiger partial charge in [-0.1, -0.05) is 196 Å². The number of allylic oxidation sites excluding steroid dienone is 10. The highest BCUT2D eigenvalue weighted by atomic mass is 15.1. The monoisotopic (exact) mass is 835 g/mol. The molecule has 0 aliphatic heterocycles. The molecule has 314 valence electrons. The average Bonchev–Trinajstić information content (AvgIpc) is 4.10. The lowest BCUT2D eigenvalue weighted by Crippen LogP contribution is -2.35. The summed E-state index contributed by atoms with van der Waals surface area (Å²) in [7, 11) is 0. The van der Waals surface area contributed by atoms with Gasteiger partial charge in [0.15, 0.2) is 0 Å². The minimum Gasteiger partial charge on any atom is -0.310 e. The molecule has 0 radical (unpaired) electrons. The Hall–Kier alpha value is -6.96. The van der Waals surface area contributed by atoms with Crippen molar-refractivity contribution in [3.8, 4) is 11.1 Å². The van der Waals surface area contributed by atoms with Crippen LogP contribution in [0.15, 0.2) is 241 Å². The minimum atomic E-state index is -0.523. The zero-order valence-corrected chi connectivity index (χ0v) is 37.3. The van der Waals surface area contributed by atoms with E-state index in [9.17, 15) is 0 Å². The second kappa shape index (κ2) is 14.5. The summed E-state index contributed by atoms with van der Waals surface area (Å²) in [5, 5.41) is 0. The van der Waals surface area contributed by atoms with Gasteiger partial charge < -0.3 is 4.90 Å². The normalized spacial score (nSPS) is 22.0.